The maximum Gasteiger partial charge on any atom is 0.161 e. The molecule has 1 unspecified atom stereocenters. The van der Waals surface area contributed by atoms with Gasteiger partial charge in [0.05, 0.1) is 11.0 Å². The van der Waals surface area contributed by atoms with Gasteiger partial charge in [0.15, 0.2) is 5.65 Å². The van der Waals surface area contributed by atoms with E-state index < -0.39 is 5.60 Å². The third kappa shape index (κ3) is 4.72. The molecule has 0 bridgehead atoms. The molecule has 1 aromatic carbocycles. The summed E-state index contributed by atoms with van der Waals surface area (Å²) in [6.07, 6.45) is 4.98. The van der Waals surface area contributed by atoms with Crippen LogP contribution < -0.4 is 4.90 Å². The molecule has 1 aliphatic rings. The highest BCUT2D eigenvalue weighted by Gasteiger charge is 2.40. The monoisotopic (exact) mass is 506 g/mol. The van der Waals surface area contributed by atoms with Crippen LogP contribution in [0.2, 0.25) is 5.02 Å². The van der Waals surface area contributed by atoms with Crippen molar-refractivity contribution >= 4 is 44.4 Å². The molecule has 0 spiro atoms. The number of aliphatic hydroxyl groups is 1. The minimum Gasteiger partial charge on any atom is -0.385 e. The molecule has 9 heteroatoms. The Morgan fingerprint density at radius 3 is 2.61 bits per heavy atom. The van der Waals surface area contributed by atoms with Crippen LogP contribution in [0.1, 0.15) is 31.2 Å². The zero-order chi connectivity index (χ0) is 22.0. The predicted octanol–water partition coefficient (Wildman–Crippen LogP) is 4.21. The largest absolute Gasteiger partial charge is 0.385 e. The van der Waals surface area contributed by atoms with Crippen LogP contribution >= 0.6 is 27.5 Å². The van der Waals surface area contributed by atoms with Crippen molar-refractivity contribution in [2.45, 2.75) is 31.3 Å². The van der Waals surface area contributed by atoms with E-state index >= 15 is 0 Å². The summed E-state index contributed by atoms with van der Waals surface area (Å²) in [5.41, 5.74) is 0.806. The Morgan fingerprint density at radius 1 is 1.23 bits per heavy atom. The Kier molecular flexibility index (Phi) is 6.81. The average Bonchev–Trinajstić information content (AvgIpc) is 3.15. The van der Waals surface area contributed by atoms with Crippen molar-refractivity contribution in [1.29, 1.82) is 0 Å². The van der Waals surface area contributed by atoms with Gasteiger partial charge in [0.25, 0.3) is 0 Å². The third-order valence-corrected chi connectivity index (χ3v) is 7.10. The standard InChI is InChI=1S/C22H28BrClN6O/c1-29(2)11-3-10-22(31,15-4-6-17(24)7-5-15)16-8-12-30(13-9-16)21-18-19(23)27-28-20(18)25-14-26-21/h4-7,14,16,31H,3,8-13H2,1-2H3,(H,25,26,27,28). The molecule has 2 aromatic heterocycles. The molecule has 3 aromatic rings. The number of hydrogen-bond acceptors (Lipinski definition) is 6. The van der Waals surface area contributed by atoms with E-state index in [9.17, 15) is 5.11 Å². The van der Waals surface area contributed by atoms with E-state index in [0.29, 0.717) is 5.02 Å². The molecule has 0 saturated carbocycles. The summed E-state index contributed by atoms with van der Waals surface area (Å²) in [4.78, 5) is 13.2. The highest BCUT2D eigenvalue weighted by molar-refractivity contribution is 9.10. The molecule has 2 N–H and O–H groups in total. The summed E-state index contributed by atoms with van der Waals surface area (Å²) in [6, 6.07) is 7.69. The molecule has 0 radical (unpaired) electrons. The maximum atomic E-state index is 11.9. The van der Waals surface area contributed by atoms with Crippen molar-refractivity contribution < 1.29 is 5.11 Å². The van der Waals surface area contributed by atoms with E-state index in [0.717, 1.165) is 72.3 Å². The highest BCUT2D eigenvalue weighted by atomic mass is 79.9. The van der Waals surface area contributed by atoms with Gasteiger partial charge in [0.2, 0.25) is 0 Å². The second-order valence-corrected chi connectivity index (χ2v) is 9.72. The van der Waals surface area contributed by atoms with Crippen molar-refractivity contribution in [1.82, 2.24) is 25.1 Å². The lowest BCUT2D eigenvalue weighted by molar-refractivity contribution is -0.0438. The minimum atomic E-state index is -0.871. The lowest BCUT2D eigenvalue weighted by Crippen LogP contribution is -2.44. The second kappa shape index (κ2) is 9.40. The fourth-order valence-electron chi connectivity index (χ4n) is 4.61. The Labute approximate surface area is 195 Å². The van der Waals surface area contributed by atoms with Crippen molar-refractivity contribution in [2.75, 3.05) is 38.6 Å². The number of anilines is 1. The summed E-state index contributed by atoms with van der Waals surface area (Å²) >= 11 is 9.61. The molecule has 1 aliphatic heterocycles. The zero-order valence-electron chi connectivity index (χ0n) is 17.9. The van der Waals surface area contributed by atoms with Gasteiger partial charge in [-0.25, -0.2) is 9.97 Å². The number of rotatable bonds is 7. The molecule has 1 saturated heterocycles. The molecule has 4 rings (SSSR count). The number of nitrogens with zero attached hydrogens (tertiary/aromatic N) is 5. The molecular weight excluding hydrogens is 480 g/mol. The Hall–Kier alpha value is -1.74. The fourth-order valence-corrected chi connectivity index (χ4v) is 5.18. The van der Waals surface area contributed by atoms with Gasteiger partial charge in [0.1, 0.15) is 16.7 Å². The van der Waals surface area contributed by atoms with E-state index in [1.54, 1.807) is 6.33 Å². The van der Waals surface area contributed by atoms with E-state index in [-0.39, 0.29) is 5.92 Å². The molecule has 7 nitrogen and oxygen atoms in total. The fraction of sp³-hybridized carbons (Fsp3) is 0.500. The quantitative estimate of drug-likeness (QED) is 0.498. The molecule has 166 valence electrons. The van der Waals surface area contributed by atoms with Crippen molar-refractivity contribution in [3.05, 3.63) is 45.8 Å². The number of aromatic amines is 1. The van der Waals surface area contributed by atoms with E-state index in [1.165, 1.54) is 0 Å². The van der Waals surface area contributed by atoms with Gasteiger partial charge in [-0.3, -0.25) is 5.10 Å². The molecule has 1 atom stereocenters. The number of H-pyrrole nitrogens is 1. The van der Waals surface area contributed by atoms with Gasteiger partial charge in [-0.1, -0.05) is 23.7 Å². The number of benzene rings is 1. The average molecular weight is 508 g/mol. The van der Waals surface area contributed by atoms with Crippen LogP contribution in [0.25, 0.3) is 11.0 Å². The van der Waals surface area contributed by atoms with Crippen LogP contribution in [0.5, 0.6) is 0 Å². The van der Waals surface area contributed by atoms with Crippen LogP contribution in [0.15, 0.2) is 35.2 Å². The topological polar surface area (TPSA) is 81.2 Å². The van der Waals surface area contributed by atoms with Crippen LogP contribution in [0.3, 0.4) is 0 Å². The van der Waals surface area contributed by atoms with Crippen molar-refractivity contribution in [3.63, 3.8) is 0 Å². The molecule has 1 fully saturated rings. The minimum absolute atomic E-state index is 0.164. The molecule has 31 heavy (non-hydrogen) atoms. The predicted molar refractivity (Wildman–Crippen MR) is 127 cm³/mol. The van der Waals surface area contributed by atoms with Crippen molar-refractivity contribution in [2.24, 2.45) is 5.92 Å². The molecule has 3 heterocycles. The number of piperidine rings is 1. The van der Waals surface area contributed by atoms with Crippen LogP contribution in [-0.4, -0.2) is 63.9 Å². The summed E-state index contributed by atoms with van der Waals surface area (Å²) in [5, 5.41) is 20.6. The SMILES string of the molecule is CN(C)CCCC(O)(c1ccc(Cl)cc1)C1CCN(c2ncnc3[nH]nc(Br)c23)CC1. The van der Waals surface area contributed by atoms with E-state index in [4.69, 9.17) is 11.6 Å². The highest BCUT2D eigenvalue weighted by Crippen LogP contribution is 2.42. The Balaban J connectivity index is 1.54. The summed E-state index contributed by atoms with van der Waals surface area (Å²) < 4.78 is 0.724. The number of aromatic nitrogens is 4. The lowest BCUT2D eigenvalue weighted by atomic mass is 9.73. The summed E-state index contributed by atoms with van der Waals surface area (Å²) in [7, 11) is 4.13. The Bertz CT molecular complexity index is 1020. The van der Waals surface area contributed by atoms with Crippen LogP contribution in [0, 0.1) is 5.92 Å². The molecule has 0 aliphatic carbocycles. The first-order chi connectivity index (χ1) is 14.9. The maximum absolute atomic E-state index is 11.9. The zero-order valence-corrected chi connectivity index (χ0v) is 20.2. The normalized spacial score (nSPS) is 17.4. The van der Waals surface area contributed by atoms with Gasteiger partial charge >= 0.3 is 0 Å². The van der Waals surface area contributed by atoms with E-state index in [1.807, 2.05) is 24.3 Å². The number of hydrogen-bond donors (Lipinski definition) is 2. The smallest absolute Gasteiger partial charge is 0.161 e. The first-order valence-electron chi connectivity index (χ1n) is 10.6. The molecule has 0 amide bonds. The third-order valence-electron chi connectivity index (χ3n) is 6.27. The van der Waals surface area contributed by atoms with Crippen LogP contribution in [-0.2, 0) is 5.60 Å². The number of halogens is 2. The number of nitrogens with one attached hydrogen (secondary N) is 1. The summed E-state index contributed by atoms with van der Waals surface area (Å²) in [6.45, 7) is 2.58. The first kappa shape index (κ1) is 22.5. The van der Waals surface area contributed by atoms with Gasteiger partial charge in [-0.2, -0.15) is 5.10 Å². The summed E-state index contributed by atoms with van der Waals surface area (Å²) in [5.74, 6) is 1.05. The lowest BCUT2D eigenvalue weighted by Gasteiger charge is -2.42. The second-order valence-electron chi connectivity index (χ2n) is 8.53. The molecular formula is C22H28BrClN6O. The van der Waals surface area contributed by atoms with Gasteiger partial charge in [0, 0.05) is 18.1 Å². The number of fused-ring (bicyclic) bond motifs is 1. The van der Waals surface area contributed by atoms with Gasteiger partial charge < -0.3 is 14.9 Å². The Morgan fingerprint density at radius 2 is 1.94 bits per heavy atom. The van der Waals surface area contributed by atoms with E-state index in [2.05, 4.69) is 60.0 Å². The first-order valence-corrected chi connectivity index (χ1v) is 11.8. The van der Waals surface area contributed by atoms with Gasteiger partial charge in [-0.05, 0) is 85.9 Å². The van der Waals surface area contributed by atoms with Crippen LogP contribution in [0.4, 0.5) is 5.82 Å². The van der Waals surface area contributed by atoms with Crippen molar-refractivity contribution in [3.8, 4) is 0 Å². The van der Waals surface area contributed by atoms with Gasteiger partial charge in [-0.15, -0.1) is 0 Å².